The molecule has 0 radical (unpaired) electrons. The standard InChI is InChI=1S/C13H28N2O2/c1-6-13(7-2,10-14)17-11(5)12(16)15(8-3)9-4/h11H,6-10,14H2,1-5H3. The second kappa shape index (κ2) is 7.67. The van der Waals surface area contributed by atoms with Crippen LogP contribution in [-0.4, -0.2) is 42.1 Å². The Balaban J connectivity index is 4.60. The topological polar surface area (TPSA) is 55.6 Å². The molecule has 2 N–H and O–H groups in total. The van der Waals surface area contributed by atoms with Crippen LogP contribution in [0.25, 0.3) is 0 Å². The van der Waals surface area contributed by atoms with Gasteiger partial charge in [0.15, 0.2) is 0 Å². The molecule has 0 heterocycles. The zero-order valence-corrected chi connectivity index (χ0v) is 12.0. The first-order chi connectivity index (χ1) is 8.00. The minimum atomic E-state index is -0.418. The molecule has 0 rings (SSSR count). The fraction of sp³-hybridized carbons (Fsp3) is 0.923. The molecule has 1 unspecified atom stereocenters. The molecule has 0 aromatic rings. The van der Waals surface area contributed by atoms with Crippen LogP contribution in [0.3, 0.4) is 0 Å². The lowest BCUT2D eigenvalue weighted by atomic mass is 9.97. The Labute approximate surface area is 105 Å². The van der Waals surface area contributed by atoms with Crippen molar-refractivity contribution in [2.24, 2.45) is 5.73 Å². The molecule has 0 aliphatic heterocycles. The summed E-state index contributed by atoms with van der Waals surface area (Å²) in [6.45, 7) is 11.8. The zero-order chi connectivity index (χ0) is 13.5. The quantitative estimate of drug-likeness (QED) is 0.708. The molecule has 0 aliphatic rings. The lowest BCUT2D eigenvalue weighted by molar-refractivity contribution is -0.155. The summed E-state index contributed by atoms with van der Waals surface area (Å²) in [5.74, 6) is 0.0507. The van der Waals surface area contributed by atoms with E-state index in [2.05, 4.69) is 0 Å². The van der Waals surface area contributed by atoms with E-state index in [0.29, 0.717) is 6.54 Å². The summed E-state index contributed by atoms with van der Waals surface area (Å²) in [7, 11) is 0. The van der Waals surface area contributed by atoms with E-state index >= 15 is 0 Å². The second-order valence-corrected chi connectivity index (χ2v) is 4.36. The van der Waals surface area contributed by atoms with Crippen molar-refractivity contribution in [3.05, 3.63) is 0 Å². The number of carbonyl (C=O) groups is 1. The molecule has 4 heteroatoms. The number of nitrogens with two attached hydrogens (primary N) is 1. The maximum absolute atomic E-state index is 12.1. The second-order valence-electron chi connectivity index (χ2n) is 4.36. The summed E-state index contributed by atoms with van der Waals surface area (Å²) in [5, 5.41) is 0. The van der Waals surface area contributed by atoms with E-state index in [4.69, 9.17) is 10.5 Å². The predicted octanol–water partition coefficient (Wildman–Crippen LogP) is 1.78. The summed E-state index contributed by atoms with van der Waals surface area (Å²) in [6, 6.07) is 0. The van der Waals surface area contributed by atoms with Gasteiger partial charge in [-0.15, -0.1) is 0 Å². The number of rotatable bonds is 8. The number of ether oxygens (including phenoxy) is 1. The number of carbonyl (C=O) groups excluding carboxylic acids is 1. The zero-order valence-electron chi connectivity index (χ0n) is 12.0. The van der Waals surface area contributed by atoms with Crippen molar-refractivity contribution in [2.75, 3.05) is 19.6 Å². The van der Waals surface area contributed by atoms with E-state index in [-0.39, 0.29) is 11.5 Å². The van der Waals surface area contributed by atoms with Crippen LogP contribution in [0.2, 0.25) is 0 Å². The molecule has 0 bridgehead atoms. The highest BCUT2D eigenvalue weighted by Gasteiger charge is 2.31. The average molecular weight is 244 g/mol. The van der Waals surface area contributed by atoms with E-state index < -0.39 is 6.10 Å². The Kier molecular flexibility index (Phi) is 7.39. The van der Waals surface area contributed by atoms with Crippen LogP contribution in [-0.2, 0) is 9.53 Å². The van der Waals surface area contributed by atoms with Crippen molar-refractivity contribution in [3.8, 4) is 0 Å². The minimum Gasteiger partial charge on any atom is -0.361 e. The monoisotopic (exact) mass is 244 g/mol. The molecule has 1 amide bonds. The Morgan fingerprint density at radius 2 is 1.71 bits per heavy atom. The molecule has 0 aromatic heterocycles. The lowest BCUT2D eigenvalue weighted by Gasteiger charge is -2.34. The minimum absolute atomic E-state index is 0.0507. The molecule has 0 saturated heterocycles. The van der Waals surface area contributed by atoms with Gasteiger partial charge < -0.3 is 15.4 Å². The van der Waals surface area contributed by atoms with Gasteiger partial charge in [-0.2, -0.15) is 0 Å². The van der Waals surface area contributed by atoms with Crippen molar-refractivity contribution in [2.45, 2.75) is 59.2 Å². The summed E-state index contributed by atoms with van der Waals surface area (Å²) >= 11 is 0. The SMILES string of the molecule is CCN(CC)C(=O)C(C)OC(CC)(CC)CN. The molecule has 0 aliphatic carbocycles. The number of likely N-dealkylation sites (N-methyl/N-ethyl adjacent to an activating group) is 1. The first-order valence-electron chi connectivity index (χ1n) is 6.66. The van der Waals surface area contributed by atoms with Gasteiger partial charge in [0.1, 0.15) is 6.10 Å². The highest BCUT2D eigenvalue weighted by atomic mass is 16.5. The van der Waals surface area contributed by atoms with Gasteiger partial charge >= 0.3 is 0 Å². The van der Waals surface area contributed by atoms with Crippen molar-refractivity contribution in [1.29, 1.82) is 0 Å². The van der Waals surface area contributed by atoms with Gasteiger partial charge in [-0.3, -0.25) is 4.79 Å². The fourth-order valence-corrected chi connectivity index (χ4v) is 1.97. The van der Waals surface area contributed by atoms with Crippen molar-refractivity contribution in [1.82, 2.24) is 4.90 Å². The van der Waals surface area contributed by atoms with Gasteiger partial charge in [0.25, 0.3) is 5.91 Å². The number of nitrogens with zero attached hydrogens (tertiary/aromatic N) is 1. The van der Waals surface area contributed by atoms with E-state index in [0.717, 1.165) is 25.9 Å². The maximum atomic E-state index is 12.1. The third kappa shape index (κ3) is 4.28. The van der Waals surface area contributed by atoms with Crippen LogP contribution in [0.15, 0.2) is 0 Å². The highest BCUT2D eigenvalue weighted by Crippen LogP contribution is 2.21. The van der Waals surface area contributed by atoms with Gasteiger partial charge in [-0.05, 0) is 33.6 Å². The number of amides is 1. The third-order valence-corrected chi connectivity index (χ3v) is 3.51. The molecular formula is C13H28N2O2. The van der Waals surface area contributed by atoms with Crippen LogP contribution in [0.1, 0.15) is 47.5 Å². The van der Waals surface area contributed by atoms with E-state index in [1.807, 2.05) is 34.6 Å². The van der Waals surface area contributed by atoms with Crippen LogP contribution in [0.4, 0.5) is 0 Å². The van der Waals surface area contributed by atoms with Gasteiger partial charge in [-0.25, -0.2) is 0 Å². The van der Waals surface area contributed by atoms with Crippen LogP contribution >= 0.6 is 0 Å². The summed E-state index contributed by atoms with van der Waals surface area (Å²) in [4.78, 5) is 13.9. The Morgan fingerprint density at radius 3 is 2.00 bits per heavy atom. The Morgan fingerprint density at radius 1 is 1.24 bits per heavy atom. The lowest BCUT2D eigenvalue weighted by Crippen LogP contribution is -2.47. The molecule has 4 nitrogen and oxygen atoms in total. The molecule has 0 saturated carbocycles. The molecule has 0 fully saturated rings. The Bertz CT molecular complexity index is 215. The van der Waals surface area contributed by atoms with Gasteiger partial charge in [0.2, 0.25) is 0 Å². The highest BCUT2D eigenvalue weighted by molar-refractivity contribution is 5.80. The summed E-state index contributed by atoms with van der Waals surface area (Å²) in [5.41, 5.74) is 5.41. The van der Waals surface area contributed by atoms with Crippen molar-refractivity contribution in [3.63, 3.8) is 0 Å². The first kappa shape index (κ1) is 16.4. The van der Waals surface area contributed by atoms with Gasteiger partial charge in [0.05, 0.1) is 5.60 Å². The first-order valence-corrected chi connectivity index (χ1v) is 6.66. The summed E-state index contributed by atoms with van der Waals surface area (Å²) in [6.07, 6.45) is 1.24. The molecular weight excluding hydrogens is 216 g/mol. The molecule has 0 spiro atoms. The largest absolute Gasteiger partial charge is 0.361 e. The van der Waals surface area contributed by atoms with Gasteiger partial charge in [-0.1, -0.05) is 13.8 Å². The van der Waals surface area contributed by atoms with Crippen molar-refractivity contribution >= 4 is 5.91 Å². The average Bonchev–Trinajstić information content (AvgIpc) is 2.37. The number of hydrogen-bond donors (Lipinski definition) is 1. The van der Waals surface area contributed by atoms with E-state index in [1.165, 1.54) is 0 Å². The summed E-state index contributed by atoms with van der Waals surface area (Å²) < 4.78 is 5.92. The Hall–Kier alpha value is -0.610. The van der Waals surface area contributed by atoms with E-state index in [1.54, 1.807) is 4.90 Å². The van der Waals surface area contributed by atoms with E-state index in [9.17, 15) is 4.79 Å². The van der Waals surface area contributed by atoms with Crippen LogP contribution in [0, 0.1) is 0 Å². The molecule has 0 aromatic carbocycles. The molecule has 17 heavy (non-hydrogen) atoms. The van der Waals surface area contributed by atoms with Crippen LogP contribution < -0.4 is 5.73 Å². The fourth-order valence-electron chi connectivity index (χ4n) is 1.97. The maximum Gasteiger partial charge on any atom is 0.251 e. The number of hydrogen-bond acceptors (Lipinski definition) is 3. The molecule has 102 valence electrons. The third-order valence-electron chi connectivity index (χ3n) is 3.51. The smallest absolute Gasteiger partial charge is 0.251 e. The van der Waals surface area contributed by atoms with Crippen molar-refractivity contribution < 1.29 is 9.53 Å². The van der Waals surface area contributed by atoms with Gasteiger partial charge in [0, 0.05) is 19.6 Å². The van der Waals surface area contributed by atoms with Crippen LogP contribution in [0.5, 0.6) is 0 Å². The normalized spacial score (nSPS) is 13.5. The molecule has 1 atom stereocenters. The predicted molar refractivity (Wildman–Crippen MR) is 70.8 cm³/mol.